The molecule has 1 aliphatic heterocycles. The summed E-state index contributed by atoms with van der Waals surface area (Å²) in [7, 11) is 2.06. The number of likely N-dealkylation sites (N-methyl/N-ethyl adjacent to an activating group) is 1. The second-order valence-electron chi connectivity index (χ2n) is 4.83. The topological polar surface area (TPSA) is 50.9 Å². The van der Waals surface area contributed by atoms with Gasteiger partial charge in [-0.2, -0.15) is 23.5 Å². The number of thioether (sulfide) groups is 2. The van der Waals surface area contributed by atoms with Gasteiger partial charge in [0.1, 0.15) is 0 Å². The van der Waals surface area contributed by atoms with Crippen LogP contribution in [0.25, 0.3) is 0 Å². The van der Waals surface area contributed by atoms with Gasteiger partial charge in [0.25, 0.3) is 0 Å². The van der Waals surface area contributed by atoms with Gasteiger partial charge in [-0.25, -0.2) is 0 Å². The van der Waals surface area contributed by atoms with E-state index in [2.05, 4.69) is 47.8 Å². The molecule has 3 unspecified atom stereocenters. The second kappa shape index (κ2) is 7.41. The predicted octanol–water partition coefficient (Wildman–Crippen LogP) is 2.42. The molecule has 0 aromatic carbocycles. The standard InChI is InChI=1S/C14H23N3S2/c1-3-13-14(19-7-6-18-13)12(16-2)8-10-9-17-5-4-11(10)15/h4-5,9,12-14,16H,3,6-8H2,1-2H3,(H2,15,17). The Balaban J connectivity index is 2.08. The van der Waals surface area contributed by atoms with Crippen LogP contribution in [0.15, 0.2) is 18.5 Å². The van der Waals surface area contributed by atoms with Crippen molar-refractivity contribution in [2.24, 2.45) is 0 Å². The van der Waals surface area contributed by atoms with Gasteiger partial charge in [0.2, 0.25) is 0 Å². The predicted molar refractivity (Wildman–Crippen MR) is 88.0 cm³/mol. The Morgan fingerprint density at radius 1 is 1.47 bits per heavy atom. The van der Waals surface area contributed by atoms with E-state index in [-0.39, 0.29) is 0 Å². The lowest BCUT2D eigenvalue weighted by Gasteiger charge is -2.36. The Kier molecular flexibility index (Phi) is 5.85. The highest BCUT2D eigenvalue weighted by molar-refractivity contribution is 8.07. The van der Waals surface area contributed by atoms with Crippen LogP contribution >= 0.6 is 23.5 Å². The quantitative estimate of drug-likeness (QED) is 0.874. The van der Waals surface area contributed by atoms with Gasteiger partial charge in [-0.1, -0.05) is 6.92 Å². The highest BCUT2D eigenvalue weighted by atomic mass is 32.2. The van der Waals surface area contributed by atoms with Gasteiger partial charge in [0.15, 0.2) is 0 Å². The zero-order valence-electron chi connectivity index (χ0n) is 11.6. The van der Waals surface area contributed by atoms with Crippen molar-refractivity contribution in [3.05, 3.63) is 24.0 Å². The summed E-state index contributed by atoms with van der Waals surface area (Å²) >= 11 is 4.23. The monoisotopic (exact) mass is 297 g/mol. The van der Waals surface area contributed by atoms with Gasteiger partial charge in [0, 0.05) is 46.1 Å². The Labute approximate surface area is 124 Å². The van der Waals surface area contributed by atoms with Gasteiger partial charge in [0.05, 0.1) is 0 Å². The summed E-state index contributed by atoms with van der Waals surface area (Å²) in [5, 5.41) is 4.90. The number of anilines is 1. The maximum absolute atomic E-state index is 6.04. The molecule has 0 spiro atoms. The maximum atomic E-state index is 6.04. The zero-order valence-corrected chi connectivity index (χ0v) is 13.3. The van der Waals surface area contributed by atoms with Gasteiger partial charge in [-0.3, -0.25) is 4.98 Å². The fourth-order valence-corrected chi connectivity index (χ4v) is 5.84. The summed E-state index contributed by atoms with van der Waals surface area (Å²) in [6, 6.07) is 2.36. The van der Waals surface area contributed by atoms with E-state index in [9.17, 15) is 0 Å². The fourth-order valence-electron chi connectivity index (χ4n) is 2.54. The SMILES string of the molecule is CCC1SCCSC1C(Cc1cnccc1N)NC. The number of nitrogens with zero attached hydrogens (tertiary/aromatic N) is 1. The number of aromatic nitrogens is 1. The molecule has 2 rings (SSSR count). The molecule has 3 N–H and O–H groups in total. The number of nitrogens with one attached hydrogen (secondary N) is 1. The molecular weight excluding hydrogens is 274 g/mol. The van der Waals surface area contributed by atoms with E-state index in [0.29, 0.717) is 11.3 Å². The van der Waals surface area contributed by atoms with Crippen molar-refractivity contribution >= 4 is 29.2 Å². The van der Waals surface area contributed by atoms with Crippen molar-refractivity contribution in [3.8, 4) is 0 Å². The third-order valence-electron chi connectivity index (χ3n) is 3.64. The highest BCUT2D eigenvalue weighted by Crippen LogP contribution is 2.36. The second-order valence-corrected chi connectivity index (χ2v) is 7.46. The van der Waals surface area contributed by atoms with Crippen LogP contribution in [0.5, 0.6) is 0 Å². The summed E-state index contributed by atoms with van der Waals surface area (Å²) in [5.41, 5.74) is 8.06. The molecule has 1 saturated heterocycles. The molecule has 0 bridgehead atoms. The van der Waals surface area contributed by atoms with Gasteiger partial charge < -0.3 is 11.1 Å². The lowest BCUT2D eigenvalue weighted by molar-refractivity contribution is 0.517. The van der Waals surface area contributed by atoms with Gasteiger partial charge in [-0.15, -0.1) is 0 Å². The molecule has 1 aliphatic rings. The molecule has 1 aromatic heterocycles. The largest absolute Gasteiger partial charge is 0.398 e. The molecule has 0 aliphatic carbocycles. The smallest absolute Gasteiger partial charge is 0.0378 e. The van der Waals surface area contributed by atoms with Crippen LogP contribution in [0, 0.1) is 0 Å². The summed E-state index contributed by atoms with van der Waals surface area (Å²) < 4.78 is 0. The normalized spacial score (nSPS) is 25.2. The van der Waals surface area contributed by atoms with Gasteiger partial charge in [-0.05, 0) is 31.5 Å². The number of rotatable bonds is 5. The molecule has 3 atom stereocenters. The lowest BCUT2D eigenvalue weighted by Crippen LogP contribution is -2.45. The molecule has 106 valence electrons. The van der Waals surface area contributed by atoms with E-state index in [4.69, 9.17) is 5.73 Å². The van der Waals surface area contributed by atoms with E-state index in [1.54, 1.807) is 6.20 Å². The molecule has 19 heavy (non-hydrogen) atoms. The molecule has 3 nitrogen and oxygen atoms in total. The summed E-state index contributed by atoms with van der Waals surface area (Å²) in [6.45, 7) is 2.29. The minimum Gasteiger partial charge on any atom is -0.398 e. The lowest BCUT2D eigenvalue weighted by atomic mass is 10.0. The first-order chi connectivity index (χ1) is 9.26. The first kappa shape index (κ1) is 15.0. The minimum absolute atomic E-state index is 0.467. The molecule has 5 heteroatoms. The third kappa shape index (κ3) is 3.80. The first-order valence-corrected chi connectivity index (χ1v) is 8.94. The Hall–Kier alpha value is -0.390. The molecule has 1 fully saturated rings. The number of nitrogens with two attached hydrogens (primary N) is 1. The zero-order chi connectivity index (χ0) is 13.7. The number of nitrogen functional groups attached to an aromatic ring is 1. The van der Waals surface area contributed by atoms with Crippen LogP contribution in [0.4, 0.5) is 5.69 Å². The van der Waals surface area contributed by atoms with Crippen LogP contribution < -0.4 is 11.1 Å². The van der Waals surface area contributed by atoms with E-state index < -0.39 is 0 Å². The molecule has 0 radical (unpaired) electrons. The van der Waals surface area contributed by atoms with Crippen molar-refractivity contribution in [3.63, 3.8) is 0 Å². The fraction of sp³-hybridized carbons (Fsp3) is 0.643. The average molecular weight is 297 g/mol. The third-order valence-corrected chi connectivity index (χ3v) is 7.05. The van der Waals surface area contributed by atoms with Crippen LogP contribution in [0.3, 0.4) is 0 Å². The minimum atomic E-state index is 0.467. The molecule has 1 aromatic rings. The van der Waals surface area contributed by atoms with Crippen molar-refractivity contribution in [1.82, 2.24) is 10.3 Å². The number of hydrogen-bond donors (Lipinski definition) is 2. The summed E-state index contributed by atoms with van der Waals surface area (Å²) in [5.74, 6) is 2.54. The number of hydrogen-bond acceptors (Lipinski definition) is 5. The van der Waals surface area contributed by atoms with Crippen LogP contribution in [-0.2, 0) is 6.42 Å². The molecular formula is C14H23N3S2. The van der Waals surface area contributed by atoms with Gasteiger partial charge >= 0.3 is 0 Å². The Bertz CT molecular complexity index is 400. The van der Waals surface area contributed by atoms with Crippen LogP contribution in [0.2, 0.25) is 0 Å². The van der Waals surface area contributed by atoms with E-state index >= 15 is 0 Å². The molecule has 0 saturated carbocycles. The number of pyridine rings is 1. The van der Waals surface area contributed by atoms with Crippen molar-refractivity contribution in [2.75, 3.05) is 24.3 Å². The van der Waals surface area contributed by atoms with Crippen molar-refractivity contribution < 1.29 is 0 Å². The van der Waals surface area contributed by atoms with Crippen molar-refractivity contribution in [2.45, 2.75) is 36.3 Å². The van der Waals surface area contributed by atoms with E-state index in [1.165, 1.54) is 17.9 Å². The van der Waals surface area contributed by atoms with Crippen LogP contribution in [-0.4, -0.2) is 40.1 Å². The summed E-state index contributed by atoms with van der Waals surface area (Å²) in [4.78, 5) is 4.20. The first-order valence-electron chi connectivity index (χ1n) is 6.85. The molecule has 2 heterocycles. The Morgan fingerprint density at radius 3 is 2.95 bits per heavy atom. The average Bonchev–Trinajstić information content (AvgIpc) is 2.46. The van der Waals surface area contributed by atoms with Crippen LogP contribution in [0.1, 0.15) is 18.9 Å². The van der Waals surface area contributed by atoms with E-state index in [1.807, 2.05) is 12.3 Å². The molecule has 0 amide bonds. The van der Waals surface area contributed by atoms with Crippen molar-refractivity contribution in [1.29, 1.82) is 0 Å². The summed E-state index contributed by atoms with van der Waals surface area (Å²) in [6.07, 6.45) is 5.86. The Morgan fingerprint density at radius 2 is 2.26 bits per heavy atom. The highest BCUT2D eigenvalue weighted by Gasteiger charge is 2.31. The maximum Gasteiger partial charge on any atom is 0.0378 e. The van der Waals surface area contributed by atoms with E-state index in [0.717, 1.165) is 22.9 Å².